The van der Waals surface area contributed by atoms with Crippen LogP contribution in [0.15, 0.2) is 42.6 Å². The van der Waals surface area contributed by atoms with Crippen molar-refractivity contribution in [1.82, 2.24) is 9.88 Å². The van der Waals surface area contributed by atoms with Crippen LogP contribution in [-0.4, -0.2) is 49.7 Å². The molecular formula is C23H31N3O. The first-order chi connectivity index (χ1) is 13.3. The molecule has 27 heavy (non-hydrogen) atoms. The minimum absolute atomic E-state index is 0.670. The third-order valence-electron chi connectivity index (χ3n) is 5.96. The van der Waals surface area contributed by atoms with Crippen LogP contribution in [-0.2, 0) is 12.8 Å². The lowest BCUT2D eigenvalue weighted by molar-refractivity contribution is 0.261. The number of rotatable bonds is 7. The number of nitrogens with zero attached hydrogens (tertiary/aromatic N) is 3. The van der Waals surface area contributed by atoms with Crippen molar-refractivity contribution in [2.75, 3.05) is 44.7 Å². The minimum atomic E-state index is 0.670. The maximum absolute atomic E-state index is 6.02. The van der Waals surface area contributed by atoms with Crippen molar-refractivity contribution in [3.8, 4) is 5.75 Å². The number of aromatic nitrogens is 1. The Morgan fingerprint density at radius 1 is 1.15 bits per heavy atom. The van der Waals surface area contributed by atoms with Gasteiger partial charge in [-0.3, -0.25) is 0 Å². The molecule has 1 aliphatic carbocycles. The molecule has 1 aromatic heterocycles. The molecule has 4 heteroatoms. The van der Waals surface area contributed by atoms with Crippen LogP contribution in [0.2, 0.25) is 0 Å². The van der Waals surface area contributed by atoms with E-state index in [0.717, 1.165) is 24.0 Å². The predicted molar refractivity (Wildman–Crippen MR) is 111 cm³/mol. The minimum Gasteiger partial charge on any atom is -0.492 e. The zero-order chi connectivity index (χ0) is 18.5. The topological polar surface area (TPSA) is 28.6 Å². The SMILES string of the molecule is CN(CCOc1ccc2c(c1)CCC(CN1CCCC1)C2)c1ccccn1. The molecule has 0 saturated carbocycles. The molecule has 1 aromatic carbocycles. The molecule has 1 saturated heterocycles. The summed E-state index contributed by atoms with van der Waals surface area (Å²) in [5.41, 5.74) is 3.02. The second-order valence-electron chi connectivity index (χ2n) is 8.01. The van der Waals surface area contributed by atoms with Gasteiger partial charge < -0.3 is 14.5 Å². The number of hydrogen-bond acceptors (Lipinski definition) is 4. The molecule has 4 rings (SSSR count). The Hall–Kier alpha value is -2.07. The Balaban J connectivity index is 1.27. The second kappa shape index (κ2) is 8.75. The maximum Gasteiger partial charge on any atom is 0.128 e. The van der Waals surface area contributed by atoms with Gasteiger partial charge in [0.2, 0.25) is 0 Å². The number of likely N-dealkylation sites (tertiary alicyclic amines) is 1. The summed E-state index contributed by atoms with van der Waals surface area (Å²) in [4.78, 5) is 9.16. The van der Waals surface area contributed by atoms with Crippen LogP contribution in [0.25, 0.3) is 0 Å². The van der Waals surface area contributed by atoms with Crippen LogP contribution in [0.4, 0.5) is 5.82 Å². The number of pyridine rings is 1. The Labute approximate surface area is 163 Å². The first kappa shape index (κ1) is 18.3. The van der Waals surface area contributed by atoms with Gasteiger partial charge in [0.25, 0.3) is 0 Å². The average molecular weight is 366 g/mol. The van der Waals surface area contributed by atoms with Gasteiger partial charge in [-0.15, -0.1) is 0 Å². The second-order valence-corrected chi connectivity index (χ2v) is 8.01. The first-order valence-electron chi connectivity index (χ1n) is 10.4. The van der Waals surface area contributed by atoms with Crippen LogP contribution in [0, 0.1) is 5.92 Å². The van der Waals surface area contributed by atoms with Crippen LogP contribution in [0.5, 0.6) is 5.75 Å². The van der Waals surface area contributed by atoms with E-state index < -0.39 is 0 Å². The standard InChI is InChI=1S/C23H31N3O/c1-25(23-6-2-3-11-24-23)14-15-27-22-10-9-20-16-19(7-8-21(20)17-22)18-26-12-4-5-13-26/h2-3,6,9-11,17,19H,4-5,7-8,12-16,18H2,1H3. The van der Waals surface area contributed by atoms with Crippen LogP contribution < -0.4 is 9.64 Å². The third kappa shape index (κ3) is 4.81. The van der Waals surface area contributed by atoms with E-state index in [0.29, 0.717) is 6.61 Å². The smallest absolute Gasteiger partial charge is 0.128 e. The molecule has 2 aromatic rings. The van der Waals surface area contributed by atoms with Crippen molar-refractivity contribution < 1.29 is 4.74 Å². The molecule has 1 aliphatic heterocycles. The van der Waals surface area contributed by atoms with Crippen molar-refractivity contribution in [1.29, 1.82) is 0 Å². The van der Waals surface area contributed by atoms with Crippen molar-refractivity contribution in [2.24, 2.45) is 5.92 Å². The molecule has 1 unspecified atom stereocenters. The van der Waals surface area contributed by atoms with Gasteiger partial charge in [-0.1, -0.05) is 12.1 Å². The molecule has 1 atom stereocenters. The highest BCUT2D eigenvalue weighted by Crippen LogP contribution is 2.29. The summed E-state index contributed by atoms with van der Waals surface area (Å²) in [7, 11) is 2.05. The monoisotopic (exact) mass is 365 g/mol. The van der Waals surface area contributed by atoms with E-state index in [9.17, 15) is 0 Å². The predicted octanol–water partition coefficient (Wildman–Crippen LogP) is 3.80. The zero-order valence-electron chi connectivity index (χ0n) is 16.4. The van der Waals surface area contributed by atoms with E-state index in [-0.39, 0.29) is 0 Å². The quantitative estimate of drug-likeness (QED) is 0.746. The molecule has 0 bridgehead atoms. The molecule has 4 nitrogen and oxygen atoms in total. The van der Waals surface area contributed by atoms with Crippen molar-refractivity contribution in [3.05, 3.63) is 53.7 Å². The number of hydrogen-bond donors (Lipinski definition) is 0. The summed E-state index contributed by atoms with van der Waals surface area (Å²) in [6, 6.07) is 12.7. The summed E-state index contributed by atoms with van der Waals surface area (Å²) < 4.78 is 6.02. The van der Waals surface area contributed by atoms with E-state index in [1.54, 1.807) is 0 Å². The summed E-state index contributed by atoms with van der Waals surface area (Å²) in [5, 5.41) is 0. The fourth-order valence-corrected chi connectivity index (χ4v) is 4.38. The lowest BCUT2D eigenvalue weighted by atomic mass is 9.83. The first-order valence-corrected chi connectivity index (χ1v) is 10.4. The fourth-order valence-electron chi connectivity index (χ4n) is 4.38. The number of benzene rings is 1. The summed E-state index contributed by atoms with van der Waals surface area (Å²) in [6.07, 6.45) is 8.34. The molecular weight excluding hydrogens is 334 g/mol. The van der Waals surface area contributed by atoms with Crippen molar-refractivity contribution in [2.45, 2.75) is 32.1 Å². The van der Waals surface area contributed by atoms with Gasteiger partial charge in [0.05, 0.1) is 6.54 Å². The van der Waals surface area contributed by atoms with Gasteiger partial charge in [-0.25, -0.2) is 4.98 Å². The number of ether oxygens (including phenoxy) is 1. The van der Waals surface area contributed by atoms with Crippen LogP contribution >= 0.6 is 0 Å². The molecule has 0 spiro atoms. The third-order valence-corrected chi connectivity index (χ3v) is 5.96. The lowest BCUT2D eigenvalue weighted by Gasteiger charge is -2.28. The average Bonchev–Trinajstić information content (AvgIpc) is 3.21. The van der Waals surface area contributed by atoms with Gasteiger partial charge in [0, 0.05) is 19.8 Å². The van der Waals surface area contributed by atoms with Gasteiger partial charge in [-0.05, 0) is 86.5 Å². The maximum atomic E-state index is 6.02. The molecule has 0 amide bonds. The van der Waals surface area contributed by atoms with Gasteiger partial charge in [-0.2, -0.15) is 0 Å². The molecule has 2 aliphatic rings. The summed E-state index contributed by atoms with van der Waals surface area (Å²) >= 11 is 0. The van der Waals surface area contributed by atoms with E-state index in [2.05, 4.69) is 40.0 Å². The number of aryl methyl sites for hydroxylation is 1. The summed E-state index contributed by atoms with van der Waals surface area (Å²) in [5.74, 6) is 2.81. The zero-order valence-corrected chi connectivity index (χ0v) is 16.4. The highest BCUT2D eigenvalue weighted by Gasteiger charge is 2.22. The molecule has 0 N–H and O–H groups in total. The van der Waals surface area contributed by atoms with Gasteiger partial charge in [0.1, 0.15) is 18.2 Å². The number of fused-ring (bicyclic) bond motifs is 1. The normalized spacial score (nSPS) is 19.7. The molecule has 0 radical (unpaired) electrons. The Kier molecular flexibility index (Phi) is 5.93. The van der Waals surface area contributed by atoms with E-state index in [1.807, 2.05) is 24.4 Å². The fraction of sp³-hybridized carbons (Fsp3) is 0.522. The van der Waals surface area contributed by atoms with Crippen molar-refractivity contribution in [3.63, 3.8) is 0 Å². The Morgan fingerprint density at radius 3 is 2.85 bits per heavy atom. The lowest BCUT2D eigenvalue weighted by Crippen LogP contribution is -2.30. The van der Waals surface area contributed by atoms with E-state index in [1.165, 1.54) is 62.9 Å². The van der Waals surface area contributed by atoms with E-state index in [4.69, 9.17) is 4.74 Å². The molecule has 144 valence electrons. The number of anilines is 1. The molecule has 2 heterocycles. The van der Waals surface area contributed by atoms with Crippen molar-refractivity contribution >= 4 is 5.82 Å². The largest absolute Gasteiger partial charge is 0.492 e. The van der Waals surface area contributed by atoms with E-state index >= 15 is 0 Å². The highest BCUT2D eigenvalue weighted by atomic mass is 16.5. The molecule has 1 fully saturated rings. The number of likely N-dealkylation sites (N-methyl/N-ethyl adjacent to an activating group) is 1. The Bertz CT molecular complexity index is 728. The summed E-state index contributed by atoms with van der Waals surface area (Å²) in [6.45, 7) is 5.40. The van der Waals surface area contributed by atoms with Crippen LogP contribution in [0.3, 0.4) is 0 Å². The van der Waals surface area contributed by atoms with Gasteiger partial charge in [0.15, 0.2) is 0 Å². The van der Waals surface area contributed by atoms with Gasteiger partial charge >= 0.3 is 0 Å². The highest BCUT2D eigenvalue weighted by molar-refractivity contribution is 5.38. The Morgan fingerprint density at radius 2 is 2.04 bits per heavy atom. The van der Waals surface area contributed by atoms with Crippen LogP contribution in [0.1, 0.15) is 30.4 Å².